The van der Waals surface area contributed by atoms with Crippen molar-refractivity contribution in [3.8, 4) is 0 Å². The Morgan fingerprint density at radius 2 is 1.33 bits per heavy atom. The summed E-state index contributed by atoms with van der Waals surface area (Å²) in [5.41, 5.74) is 0. The Balaban J connectivity index is 2.53. The van der Waals surface area contributed by atoms with E-state index in [1.807, 2.05) is 0 Å². The van der Waals surface area contributed by atoms with E-state index in [1.165, 1.54) is 21.5 Å². The second-order valence-corrected chi connectivity index (χ2v) is 4.26. The first kappa shape index (κ1) is 8.68. The molecule has 0 aliphatic rings. The van der Waals surface area contributed by atoms with Gasteiger partial charge in [-0.3, -0.25) is 0 Å². The SMILES string of the molecule is [Si]c1cccc2cc3ccccc3cc12. The molecular weight excluding hydrogens is 196 g/mol. The van der Waals surface area contributed by atoms with E-state index in [4.69, 9.17) is 0 Å². The topological polar surface area (TPSA) is 0 Å². The van der Waals surface area contributed by atoms with Crippen molar-refractivity contribution in [3.05, 3.63) is 54.6 Å². The number of rotatable bonds is 0. The van der Waals surface area contributed by atoms with Crippen molar-refractivity contribution in [2.24, 2.45) is 0 Å². The molecule has 0 aliphatic heterocycles. The van der Waals surface area contributed by atoms with Gasteiger partial charge in [0.2, 0.25) is 0 Å². The molecule has 0 fully saturated rings. The molecule has 15 heavy (non-hydrogen) atoms. The molecule has 3 aromatic carbocycles. The highest BCUT2D eigenvalue weighted by Crippen LogP contribution is 2.20. The molecule has 0 unspecified atom stereocenters. The molecule has 1 heteroatoms. The van der Waals surface area contributed by atoms with Gasteiger partial charge < -0.3 is 0 Å². The average molecular weight is 205 g/mol. The summed E-state index contributed by atoms with van der Waals surface area (Å²) >= 11 is 0. The van der Waals surface area contributed by atoms with Crippen LogP contribution in [0.4, 0.5) is 0 Å². The molecule has 3 rings (SSSR count). The highest BCUT2D eigenvalue weighted by atomic mass is 28.1. The predicted octanol–water partition coefficient (Wildman–Crippen LogP) is 2.79. The summed E-state index contributed by atoms with van der Waals surface area (Å²) in [5.74, 6) is 0. The summed E-state index contributed by atoms with van der Waals surface area (Å²) in [6.45, 7) is 0. The molecule has 69 valence electrons. The molecule has 0 atom stereocenters. The fourth-order valence-electron chi connectivity index (χ4n) is 1.97. The van der Waals surface area contributed by atoms with Gasteiger partial charge in [0, 0.05) is 0 Å². The lowest BCUT2D eigenvalue weighted by molar-refractivity contribution is 1.79. The van der Waals surface area contributed by atoms with Gasteiger partial charge in [0.05, 0.1) is 10.2 Å². The van der Waals surface area contributed by atoms with Crippen LogP contribution in [0.3, 0.4) is 0 Å². The molecular formula is C14H9Si. The van der Waals surface area contributed by atoms with Crippen LogP contribution in [0.15, 0.2) is 54.6 Å². The van der Waals surface area contributed by atoms with E-state index in [-0.39, 0.29) is 0 Å². The molecule has 0 aliphatic carbocycles. The Bertz CT molecular complexity index is 641. The van der Waals surface area contributed by atoms with Crippen LogP contribution < -0.4 is 5.19 Å². The van der Waals surface area contributed by atoms with Crippen molar-refractivity contribution in [2.75, 3.05) is 0 Å². The van der Waals surface area contributed by atoms with Gasteiger partial charge in [0.1, 0.15) is 0 Å². The molecule has 0 bridgehead atoms. The first-order valence-corrected chi connectivity index (χ1v) is 5.48. The Labute approximate surface area is 92.0 Å². The highest BCUT2D eigenvalue weighted by molar-refractivity contribution is 6.39. The normalized spacial score (nSPS) is 11.0. The Hall–Kier alpha value is -1.60. The maximum atomic E-state index is 3.64. The number of hydrogen-bond donors (Lipinski definition) is 0. The summed E-state index contributed by atoms with van der Waals surface area (Å²) in [6.07, 6.45) is 0. The van der Waals surface area contributed by atoms with Crippen LogP contribution in [0.25, 0.3) is 21.5 Å². The molecule has 3 radical (unpaired) electrons. The molecule has 0 heterocycles. The van der Waals surface area contributed by atoms with Crippen molar-refractivity contribution >= 4 is 37.0 Å². The van der Waals surface area contributed by atoms with Gasteiger partial charge in [-0.2, -0.15) is 0 Å². The smallest absolute Gasteiger partial charge is 0.0632 e. The Kier molecular flexibility index (Phi) is 1.86. The summed E-state index contributed by atoms with van der Waals surface area (Å²) in [5, 5.41) is 6.28. The highest BCUT2D eigenvalue weighted by Gasteiger charge is 1.98. The summed E-state index contributed by atoms with van der Waals surface area (Å²) in [4.78, 5) is 0. The fraction of sp³-hybridized carbons (Fsp3) is 0. The largest absolute Gasteiger partial charge is 0.0720 e. The van der Waals surface area contributed by atoms with E-state index in [2.05, 4.69) is 64.8 Å². The summed E-state index contributed by atoms with van der Waals surface area (Å²) in [7, 11) is 3.64. The second-order valence-electron chi connectivity index (χ2n) is 3.73. The predicted molar refractivity (Wildman–Crippen MR) is 66.8 cm³/mol. The average Bonchev–Trinajstić information content (AvgIpc) is 2.27. The zero-order chi connectivity index (χ0) is 10.3. The van der Waals surface area contributed by atoms with Crippen molar-refractivity contribution in [1.82, 2.24) is 0 Å². The monoisotopic (exact) mass is 205 g/mol. The van der Waals surface area contributed by atoms with Gasteiger partial charge in [0.15, 0.2) is 0 Å². The Morgan fingerprint density at radius 3 is 2.13 bits per heavy atom. The standard InChI is InChI=1S/C14H9Si/c15-14-7-3-6-12-8-10-4-1-2-5-11(10)9-13(12)14/h1-9H. The maximum absolute atomic E-state index is 3.64. The molecule has 0 nitrogen and oxygen atoms in total. The van der Waals surface area contributed by atoms with Crippen molar-refractivity contribution < 1.29 is 0 Å². The minimum Gasteiger partial charge on any atom is -0.0632 e. The van der Waals surface area contributed by atoms with Gasteiger partial charge >= 0.3 is 0 Å². The quantitative estimate of drug-likeness (QED) is 0.391. The van der Waals surface area contributed by atoms with Crippen molar-refractivity contribution in [1.29, 1.82) is 0 Å². The number of hydrogen-bond acceptors (Lipinski definition) is 0. The van der Waals surface area contributed by atoms with E-state index < -0.39 is 0 Å². The molecule has 3 aromatic rings. The molecule has 0 saturated carbocycles. The number of benzene rings is 3. The molecule has 0 aromatic heterocycles. The third kappa shape index (κ3) is 1.36. The van der Waals surface area contributed by atoms with Crippen LogP contribution in [-0.4, -0.2) is 10.2 Å². The van der Waals surface area contributed by atoms with Crippen LogP contribution in [0.2, 0.25) is 0 Å². The summed E-state index contributed by atoms with van der Waals surface area (Å²) < 4.78 is 0. The third-order valence-corrected chi connectivity index (χ3v) is 3.18. The molecule has 0 amide bonds. The van der Waals surface area contributed by atoms with Gasteiger partial charge in [-0.1, -0.05) is 47.7 Å². The minimum atomic E-state index is 1.15. The third-order valence-electron chi connectivity index (χ3n) is 2.75. The lowest BCUT2D eigenvalue weighted by atomic mass is 10.0. The van der Waals surface area contributed by atoms with Crippen LogP contribution in [0, 0.1) is 0 Å². The number of fused-ring (bicyclic) bond motifs is 2. The first-order chi connectivity index (χ1) is 7.34. The molecule has 0 spiro atoms. The van der Waals surface area contributed by atoms with Gasteiger partial charge in [0.25, 0.3) is 0 Å². The Morgan fingerprint density at radius 1 is 0.667 bits per heavy atom. The van der Waals surface area contributed by atoms with Gasteiger partial charge in [-0.25, -0.2) is 0 Å². The van der Waals surface area contributed by atoms with Crippen molar-refractivity contribution in [3.63, 3.8) is 0 Å². The zero-order valence-electron chi connectivity index (χ0n) is 8.20. The molecule has 0 saturated heterocycles. The zero-order valence-corrected chi connectivity index (χ0v) is 9.20. The van der Waals surface area contributed by atoms with Crippen LogP contribution in [0.1, 0.15) is 0 Å². The van der Waals surface area contributed by atoms with E-state index in [9.17, 15) is 0 Å². The van der Waals surface area contributed by atoms with Crippen LogP contribution in [0.5, 0.6) is 0 Å². The maximum Gasteiger partial charge on any atom is 0.0720 e. The van der Waals surface area contributed by atoms with Gasteiger partial charge in [-0.15, -0.1) is 0 Å². The lowest BCUT2D eigenvalue weighted by Crippen LogP contribution is -2.02. The summed E-state index contributed by atoms with van der Waals surface area (Å²) in [6, 6.07) is 19.2. The van der Waals surface area contributed by atoms with Crippen LogP contribution >= 0.6 is 0 Å². The second kappa shape index (κ2) is 3.21. The van der Waals surface area contributed by atoms with E-state index >= 15 is 0 Å². The van der Waals surface area contributed by atoms with Crippen LogP contribution in [-0.2, 0) is 0 Å². The fourth-order valence-corrected chi connectivity index (χ4v) is 2.28. The van der Waals surface area contributed by atoms with E-state index in [1.54, 1.807) is 0 Å². The van der Waals surface area contributed by atoms with Crippen molar-refractivity contribution in [2.45, 2.75) is 0 Å². The minimum absolute atomic E-state index is 1.15. The molecule has 0 N–H and O–H groups in total. The lowest BCUT2D eigenvalue weighted by Gasteiger charge is -2.04. The first-order valence-electron chi connectivity index (χ1n) is 4.98. The van der Waals surface area contributed by atoms with Gasteiger partial charge in [-0.05, 0) is 33.7 Å². The van der Waals surface area contributed by atoms with E-state index in [0.29, 0.717) is 0 Å². The van der Waals surface area contributed by atoms with E-state index in [0.717, 1.165) is 5.19 Å².